The van der Waals surface area contributed by atoms with Crippen LogP contribution in [-0.2, 0) is 4.74 Å². The summed E-state index contributed by atoms with van der Waals surface area (Å²) in [6.45, 7) is 3.69. The fraction of sp³-hybridized carbons (Fsp3) is 0.176. The molecule has 0 saturated heterocycles. The van der Waals surface area contributed by atoms with Crippen LogP contribution < -0.4 is 5.32 Å². The van der Waals surface area contributed by atoms with Crippen molar-refractivity contribution < 1.29 is 14.1 Å². The van der Waals surface area contributed by atoms with Crippen LogP contribution in [0.25, 0.3) is 11.1 Å². The Bertz CT molecular complexity index is 920. The lowest BCUT2D eigenvalue weighted by Crippen LogP contribution is -2.03. The van der Waals surface area contributed by atoms with Crippen molar-refractivity contribution in [2.45, 2.75) is 13.8 Å². The van der Waals surface area contributed by atoms with Crippen molar-refractivity contribution in [3.63, 3.8) is 0 Å². The third-order valence-corrected chi connectivity index (χ3v) is 3.90. The molecule has 0 saturated carbocycles. The molecule has 0 aliphatic carbocycles. The fourth-order valence-corrected chi connectivity index (χ4v) is 2.61. The molecule has 7 nitrogen and oxygen atoms in total. The Kier molecular flexibility index (Phi) is 4.67. The van der Waals surface area contributed by atoms with Crippen LogP contribution in [0.1, 0.15) is 21.8 Å². The van der Waals surface area contributed by atoms with Crippen LogP contribution in [-0.4, -0.2) is 28.2 Å². The number of carbonyl (C=O) groups is 1. The molecule has 3 rings (SSSR count). The van der Waals surface area contributed by atoms with Crippen LogP contribution in [0.4, 0.5) is 11.4 Å². The highest BCUT2D eigenvalue weighted by molar-refractivity contribution is 6.32. The predicted molar refractivity (Wildman–Crippen MR) is 93.1 cm³/mol. The molecule has 0 aliphatic heterocycles. The van der Waals surface area contributed by atoms with E-state index in [9.17, 15) is 4.79 Å². The van der Waals surface area contributed by atoms with Gasteiger partial charge in [-0.15, -0.1) is 0 Å². The van der Waals surface area contributed by atoms with Crippen molar-refractivity contribution in [1.82, 2.24) is 15.1 Å². The zero-order valence-corrected chi connectivity index (χ0v) is 14.6. The maximum absolute atomic E-state index is 11.6. The smallest absolute Gasteiger partial charge is 0.339 e. The summed E-state index contributed by atoms with van der Waals surface area (Å²) in [6.07, 6.45) is 4.66. The van der Waals surface area contributed by atoms with Gasteiger partial charge in [-0.1, -0.05) is 16.8 Å². The monoisotopic (exact) mass is 358 g/mol. The van der Waals surface area contributed by atoms with Gasteiger partial charge in [0.25, 0.3) is 0 Å². The minimum absolute atomic E-state index is 0.291. The molecule has 128 valence electrons. The van der Waals surface area contributed by atoms with E-state index in [1.54, 1.807) is 18.5 Å². The summed E-state index contributed by atoms with van der Waals surface area (Å²) in [7, 11) is 1.32. The summed E-state index contributed by atoms with van der Waals surface area (Å²) in [4.78, 5) is 19.9. The van der Waals surface area contributed by atoms with Crippen molar-refractivity contribution in [2.24, 2.45) is 0 Å². The van der Waals surface area contributed by atoms with Crippen molar-refractivity contribution in [2.75, 3.05) is 12.4 Å². The predicted octanol–water partition coefficient (Wildman–Crippen LogP) is 3.93. The number of hydrogen-bond donors (Lipinski definition) is 1. The van der Waals surface area contributed by atoms with E-state index in [2.05, 4.69) is 20.4 Å². The van der Waals surface area contributed by atoms with Gasteiger partial charge in [0.2, 0.25) is 0 Å². The van der Waals surface area contributed by atoms with Gasteiger partial charge in [0.15, 0.2) is 5.15 Å². The van der Waals surface area contributed by atoms with Crippen molar-refractivity contribution in [1.29, 1.82) is 0 Å². The lowest BCUT2D eigenvalue weighted by molar-refractivity contribution is 0.0600. The Balaban J connectivity index is 1.96. The zero-order valence-electron chi connectivity index (χ0n) is 13.8. The van der Waals surface area contributed by atoms with E-state index in [1.165, 1.54) is 13.3 Å². The van der Waals surface area contributed by atoms with Gasteiger partial charge in [-0.3, -0.25) is 4.98 Å². The third-order valence-electron chi connectivity index (χ3n) is 3.60. The summed E-state index contributed by atoms with van der Waals surface area (Å²) in [6, 6.07) is 3.46. The Morgan fingerprint density at radius 3 is 2.72 bits per heavy atom. The maximum Gasteiger partial charge on any atom is 0.339 e. The number of esters is 1. The number of hydrogen-bond acceptors (Lipinski definition) is 7. The number of anilines is 2. The highest BCUT2D eigenvalue weighted by atomic mass is 35.5. The fourth-order valence-electron chi connectivity index (χ4n) is 2.46. The largest absolute Gasteiger partial charge is 0.465 e. The normalized spacial score (nSPS) is 10.6. The molecule has 1 N–H and O–H groups in total. The number of halogens is 1. The molecule has 0 aromatic carbocycles. The molecule has 8 heteroatoms. The Hall–Kier alpha value is -2.93. The maximum atomic E-state index is 11.6. The minimum Gasteiger partial charge on any atom is -0.465 e. The van der Waals surface area contributed by atoms with Crippen LogP contribution in [0.5, 0.6) is 0 Å². The summed E-state index contributed by atoms with van der Waals surface area (Å²) < 4.78 is 9.90. The number of pyridine rings is 2. The van der Waals surface area contributed by atoms with Gasteiger partial charge in [-0.25, -0.2) is 9.78 Å². The molecule has 0 aliphatic rings. The molecule has 0 atom stereocenters. The molecule has 3 heterocycles. The van der Waals surface area contributed by atoms with Crippen molar-refractivity contribution in [3.05, 3.63) is 52.9 Å². The van der Waals surface area contributed by atoms with Gasteiger partial charge in [0.05, 0.1) is 35.9 Å². The Morgan fingerprint density at radius 1 is 1.24 bits per heavy atom. The highest BCUT2D eigenvalue weighted by Gasteiger charge is 2.14. The molecule has 3 aromatic rings. The molecule has 0 radical (unpaired) electrons. The van der Waals surface area contributed by atoms with Gasteiger partial charge in [-0.2, -0.15) is 0 Å². The summed E-state index contributed by atoms with van der Waals surface area (Å²) in [5.41, 5.74) is 3.94. The first kappa shape index (κ1) is 16.9. The van der Waals surface area contributed by atoms with E-state index in [-0.39, 0.29) is 0 Å². The van der Waals surface area contributed by atoms with E-state index >= 15 is 0 Å². The second-order valence-corrected chi connectivity index (χ2v) is 5.70. The van der Waals surface area contributed by atoms with Gasteiger partial charge in [0.1, 0.15) is 5.76 Å². The van der Waals surface area contributed by atoms with E-state index in [1.807, 2.05) is 19.9 Å². The number of methoxy groups -OCH3 is 1. The highest BCUT2D eigenvalue weighted by Crippen LogP contribution is 2.32. The standard InChI is InChI=1S/C17H15ClN4O3/c1-9-15(10(2)25-22-9)11-5-14(16(18)20-7-11)21-13-4-12(6-19-8-13)17(23)24-3/h4-8,21H,1-3H3. The van der Waals surface area contributed by atoms with Crippen molar-refractivity contribution >= 4 is 28.9 Å². The zero-order chi connectivity index (χ0) is 18.0. The number of carbonyl (C=O) groups excluding carboxylic acids is 1. The SMILES string of the molecule is COC(=O)c1cncc(Nc2cc(-c3c(C)noc3C)cnc2Cl)c1. The van der Waals surface area contributed by atoms with Crippen LogP contribution in [0.2, 0.25) is 5.15 Å². The second-order valence-electron chi connectivity index (χ2n) is 5.34. The summed E-state index contributed by atoms with van der Waals surface area (Å²) in [5.74, 6) is 0.228. The number of nitrogens with zero attached hydrogens (tertiary/aromatic N) is 3. The molecule has 0 unspecified atom stereocenters. The van der Waals surface area contributed by atoms with Crippen LogP contribution in [0.3, 0.4) is 0 Å². The van der Waals surface area contributed by atoms with Crippen LogP contribution >= 0.6 is 11.6 Å². The molecule has 0 fully saturated rings. The van der Waals surface area contributed by atoms with E-state index in [4.69, 9.17) is 20.9 Å². The number of nitrogens with one attached hydrogen (secondary N) is 1. The van der Waals surface area contributed by atoms with Crippen molar-refractivity contribution in [3.8, 4) is 11.1 Å². The molecule has 3 aromatic heterocycles. The minimum atomic E-state index is -0.468. The quantitative estimate of drug-likeness (QED) is 0.558. The first-order valence-electron chi connectivity index (χ1n) is 7.38. The third kappa shape index (κ3) is 3.46. The molecule has 0 spiro atoms. The van der Waals surface area contributed by atoms with Gasteiger partial charge in [0, 0.05) is 23.5 Å². The first-order valence-corrected chi connectivity index (χ1v) is 7.76. The second kappa shape index (κ2) is 6.90. The van der Waals surface area contributed by atoms with Gasteiger partial charge < -0.3 is 14.6 Å². The Morgan fingerprint density at radius 2 is 2.04 bits per heavy atom. The lowest BCUT2D eigenvalue weighted by atomic mass is 10.1. The van der Waals surface area contributed by atoms with Gasteiger partial charge in [-0.05, 0) is 26.0 Å². The van der Waals surface area contributed by atoms with E-state index in [0.29, 0.717) is 27.9 Å². The van der Waals surface area contributed by atoms with E-state index < -0.39 is 5.97 Å². The number of aryl methyl sites for hydroxylation is 2. The lowest BCUT2D eigenvalue weighted by Gasteiger charge is -2.10. The molecule has 25 heavy (non-hydrogen) atoms. The Labute approximate surface area is 149 Å². The first-order chi connectivity index (χ1) is 12.0. The van der Waals surface area contributed by atoms with E-state index in [0.717, 1.165) is 16.8 Å². The molecule has 0 bridgehead atoms. The van der Waals surface area contributed by atoms with Crippen LogP contribution in [0.15, 0.2) is 35.2 Å². The summed E-state index contributed by atoms with van der Waals surface area (Å²) in [5, 5.41) is 7.36. The van der Waals surface area contributed by atoms with Crippen LogP contribution in [0, 0.1) is 13.8 Å². The van der Waals surface area contributed by atoms with Gasteiger partial charge >= 0.3 is 5.97 Å². The number of rotatable bonds is 4. The topological polar surface area (TPSA) is 90.1 Å². The molecular weight excluding hydrogens is 344 g/mol. The molecular formula is C17H15ClN4O3. The number of aromatic nitrogens is 3. The molecule has 0 amide bonds. The summed E-state index contributed by atoms with van der Waals surface area (Å²) >= 11 is 6.19. The average Bonchev–Trinajstić information content (AvgIpc) is 2.95. The average molecular weight is 359 g/mol. The number of ether oxygens (including phenoxy) is 1.